The third-order valence-electron chi connectivity index (χ3n) is 1.04. The Labute approximate surface area is 56.1 Å². The van der Waals surface area contributed by atoms with Crippen molar-refractivity contribution in [3.63, 3.8) is 0 Å². The van der Waals surface area contributed by atoms with Crippen molar-refractivity contribution in [1.29, 1.82) is 0 Å². The third kappa shape index (κ3) is 0.932. The molecular weight excluding hydrogens is 144 g/mol. The molecule has 3 heteroatoms. The van der Waals surface area contributed by atoms with Crippen molar-refractivity contribution in [3.05, 3.63) is 0 Å². The van der Waals surface area contributed by atoms with E-state index in [0.717, 1.165) is 11.4 Å². The Morgan fingerprint density at radius 2 is 1.50 bits per heavy atom. The first kappa shape index (κ1) is 5.86. The summed E-state index contributed by atoms with van der Waals surface area (Å²) in [5.41, 5.74) is 1.96. The zero-order valence-corrected chi connectivity index (χ0v) is 5.85. The Bertz CT molecular complexity index is 171. The van der Waals surface area contributed by atoms with Gasteiger partial charge in [0.25, 0.3) is 0 Å². The molecule has 44 valence electrons. The van der Waals surface area contributed by atoms with Crippen LogP contribution in [0.4, 0.5) is 0 Å². The molecule has 0 aromatic rings. The Hall–Kier alpha value is -0.271. The van der Waals surface area contributed by atoms with Crippen LogP contribution in [0.15, 0.2) is 9.98 Å². The Morgan fingerprint density at radius 3 is 1.62 bits per heavy atom. The van der Waals surface area contributed by atoms with Crippen LogP contribution in [0, 0.1) is 0 Å². The van der Waals surface area contributed by atoms with Crippen molar-refractivity contribution in [1.82, 2.24) is 0 Å². The molecule has 0 spiro atoms. The Balaban J connectivity index is 2.98. The molecule has 0 amide bonds. The summed E-state index contributed by atoms with van der Waals surface area (Å²) in [7, 11) is 0. The summed E-state index contributed by atoms with van der Waals surface area (Å²) in [6.07, 6.45) is 0. The van der Waals surface area contributed by atoms with Crippen molar-refractivity contribution < 1.29 is 15.6 Å². The van der Waals surface area contributed by atoms with Crippen LogP contribution < -0.4 is 0 Å². The molecule has 0 N–H and O–H groups in total. The molecule has 0 saturated carbocycles. The van der Waals surface area contributed by atoms with Crippen molar-refractivity contribution in [2.75, 3.05) is 0 Å². The maximum absolute atomic E-state index is 3.99. The molecule has 0 unspecified atom stereocenters. The van der Waals surface area contributed by atoms with E-state index in [0.29, 0.717) is 4.67 Å². The van der Waals surface area contributed by atoms with Gasteiger partial charge in [-0.1, -0.05) is 0 Å². The van der Waals surface area contributed by atoms with Crippen molar-refractivity contribution >= 4 is 16.1 Å². The van der Waals surface area contributed by atoms with Gasteiger partial charge in [0.1, 0.15) is 0 Å². The average molecular weight is 150 g/mol. The first-order valence-corrected chi connectivity index (χ1v) is 2.87. The van der Waals surface area contributed by atoms with E-state index in [2.05, 4.69) is 25.6 Å². The SMILES string of the molecule is CC1=N[C](=[Fe])N=C1C. The predicted octanol–water partition coefficient (Wildman–Crippen LogP) is 0.556. The first-order chi connectivity index (χ1) is 3.70. The summed E-state index contributed by atoms with van der Waals surface area (Å²) >= 11 is 3.58. The van der Waals surface area contributed by atoms with Gasteiger partial charge in [-0.15, -0.1) is 0 Å². The van der Waals surface area contributed by atoms with E-state index >= 15 is 0 Å². The molecular formula is C5H6FeN2. The van der Waals surface area contributed by atoms with Gasteiger partial charge in [-0.05, 0) is 0 Å². The number of rotatable bonds is 0. The van der Waals surface area contributed by atoms with Crippen LogP contribution in [-0.2, 0) is 15.6 Å². The number of hydrogen-bond donors (Lipinski definition) is 0. The van der Waals surface area contributed by atoms with Gasteiger partial charge >= 0.3 is 55.5 Å². The Morgan fingerprint density at radius 1 is 1.12 bits per heavy atom. The fourth-order valence-electron chi connectivity index (χ4n) is 0.455. The van der Waals surface area contributed by atoms with Gasteiger partial charge in [-0.25, -0.2) is 0 Å². The predicted molar refractivity (Wildman–Crippen MR) is 31.2 cm³/mol. The van der Waals surface area contributed by atoms with Crippen LogP contribution in [0.25, 0.3) is 0 Å². The molecule has 0 fully saturated rings. The van der Waals surface area contributed by atoms with Gasteiger partial charge < -0.3 is 0 Å². The van der Waals surface area contributed by atoms with E-state index in [4.69, 9.17) is 0 Å². The van der Waals surface area contributed by atoms with E-state index in [1.165, 1.54) is 0 Å². The van der Waals surface area contributed by atoms with Gasteiger partial charge in [0.05, 0.1) is 0 Å². The molecule has 1 rings (SSSR count). The van der Waals surface area contributed by atoms with Gasteiger partial charge in [-0.2, -0.15) is 0 Å². The van der Waals surface area contributed by atoms with Crippen molar-refractivity contribution in [3.8, 4) is 0 Å². The summed E-state index contributed by atoms with van der Waals surface area (Å²) < 4.78 is 0.625. The van der Waals surface area contributed by atoms with Crippen LogP contribution in [0.3, 0.4) is 0 Å². The Kier molecular flexibility index (Phi) is 1.41. The van der Waals surface area contributed by atoms with E-state index in [-0.39, 0.29) is 0 Å². The van der Waals surface area contributed by atoms with Crippen LogP contribution in [0.5, 0.6) is 0 Å². The molecule has 0 bridgehead atoms. The zero-order chi connectivity index (χ0) is 6.15. The van der Waals surface area contributed by atoms with E-state index in [1.807, 2.05) is 13.8 Å². The molecule has 0 aromatic carbocycles. The molecule has 0 aromatic heterocycles. The number of nitrogens with zero attached hydrogens (tertiary/aromatic N) is 2. The van der Waals surface area contributed by atoms with Gasteiger partial charge in [0.15, 0.2) is 0 Å². The standard InChI is InChI=1S/C5H6N2.Fe/c1-4-5(2)7-3-6-4;/h1-2H3;. The molecule has 0 atom stereocenters. The first-order valence-electron chi connectivity index (χ1n) is 2.32. The summed E-state index contributed by atoms with van der Waals surface area (Å²) in [5, 5.41) is 0. The minimum absolute atomic E-state index is 0.625. The molecule has 2 nitrogen and oxygen atoms in total. The molecule has 1 aliphatic rings. The van der Waals surface area contributed by atoms with E-state index in [1.54, 1.807) is 0 Å². The minimum atomic E-state index is 0.625. The van der Waals surface area contributed by atoms with Crippen LogP contribution in [0.2, 0.25) is 0 Å². The second kappa shape index (κ2) is 1.92. The number of aliphatic imine (C=N–C) groups is 2. The van der Waals surface area contributed by atoms with Gasteiger partial charge in [0, 0.05) is 0 Å². The molecule has 1 aliphatic heterocycles. The number of hydrogen-bond acceptors (Lipinski definition) is 2. The van der Waals surface area contributed by atoms with Crippen LogP contribution >= 0.6 is 0 Å². The maximum atomic E-state index is 3.99. The molecule has 0 aliphatic carbocycles. The van der Waals surface area contributed by atoms with Crippen LogP contribution in [-0.4, -0.2) is 16.1 Å². The molecule has 8 heavy (non-hydrogen) atoms. The van der Waals surface area contributed by atoms with Gasteiger partial charge in [-0.3, -0.25) is 0 Å². The summed E-state index contributed by atoms with van der Waals surface area (Å²) in [4.78, 5) is 7.98. The molecule has 0 radical (unpaired) electrons. The second-order valence-corrected chi connectivity index (χ2v) is 2.15. The quantitative estimate of drug-likeness (QED) is 0.450. The topological polar surface area (TPSA) is 24.7 Å². The third-order valence-corrected chi connectivity index (χ3v) is 1.28. The fraction of sp³-hybridized carbons (Fsp3) is 0.400. The monoisotopic (exact) mass is 150 g/mol. The summed E-state index contributed by atoms with van der Waals surface area (Å²) in [6, 6.07) is 0. The fourth-order valence-corrected chi connectivity index (χ4v) is 0.826. The van der Waals surface area contributed by atoms with Gasteiger partial charge in [0.2, 0.25) is 0 Å². The molecule has 0 saturated heterocycles. The van der Waals surface area contributed by atoms with Crippen molar-refractivity contribution in [2.45, 2.75) is 13.8 Å². The normalized spacial score (nSPS) is 18.6. The van der Waals surface area contributed by atoms with Crippen molar-refractivity contribution in [2.24, 2.45) is 9.98 Å². The molecule has 1 heterocycles. The van der Waals surface area contributed by atoms with E-state index in [9.17, 15) is 0 Å². The average Bonchev–Trinajstić information content (AvgIpc) is 1.85. The second-order valence-electron chi connectivity index (χ2n) is 1.65. The zero-order valence-electron chi connectivity index (χ0n) is 4.75. The summed E-state index contributed by atoms with van der Waals surface area (Å²) in [5.74, 6) is 0. The van der Waals surface area contributed by atoms with Crippen LogP contribution in [0.1, 0.15) is 13.8 Å². The van der Waals surface area contributed by atoms with E-state index < -0.39 is 0 Å². The summed E-state index contributed by atoms with van der Waals surface area (Å²) in [6.45, 7) is 3.86.